The van der Waals surface area contributed by atoms with Crippen molar-refractivity contribution in [1.82, 2.24) is 10.2 Å². The maximum Gasteiger partial charge on any atom is 0.129 e. The van der Waals surface area contributed by atoms with Gasteiger partial charge in [-0.3, -0.25) is 4.90 Å². The number of halogens is 1. The number of nitrogens with zero attached hydrogens (tertiary/aromatic N) is 2. The van der Waals surface area contributed by atoms with Crippen LogP contribution in [0.4, 0.5) is 4.39 Å². The molecule has 0 bridgehead atoms. The molecule has 1 N–H and O–H groups in total. The summed E-state index contributed by atoms with van der Waals surface area (Å²) in [5, 5.41) is 12.3. The first kappa shape index (κ1) is 14.5. The topological polar surface area (TPSA) is 39.1 Å². The Morgan fingerprint density at radius 3 is 2.76 bits per heavy atom. The van der Waals surface area contributed by atoms with E-state index in [0.717, 1.165) is 25.6 Å². The van der Waals surface area contributed by atoms with E-state index in [4.69, 9.17) is 5.26 Å². The smallest absolute Gasteiger partial charge is 0.129 e. The van der Waals surface area contributed by atoms with Gasteiger partial charge in [0.15, 0.2) is 0 Å². The first-order valence-corrected chi connectivity index (χ1v) is 7.89. The van der Waals surface area contributed by atoms with Crippen LogP contribution in [-0.4, -0.2) is 30.6 Å². The van der Waals surface area contributed by atoms with Crippen molar-refractivity contribution in [2.24, 2.45) is 5.92 Å². The van der Waals surface area contributed by atoms with Gasteiger partial charge in [0.25, 0.3) is 0 Å². The summed E-state index contributed by atoms with van der Waals surface area (Å²) in [6, 6.07) is 7.35. The zero-order chi connectivity index (χ0) is 14.7. The molecule has 1 saturated carbocycles. The lowest BCUT2D eigenvalue weighted by Gasteiger charge is -2.26. The molecule has 0 radical (unpaired) electrons. The number of hydrogen-bond donors (Lipinski definition) is 1. The molecule has 1 aliphatic carbocycles. The molecule has 1 aromatic carbocycles. The third kappa shape index (κ3) is 4.03. The second-order valence-corrected chi connectivity index (χ2v) is 6.35. The molecule has 1 unspecified atom stereocenters. The van der Waals surface area contributed by atoms with Gasteiger partial charge in [0.2, 0.25) is 0 Å². The van der Waals surface area contributed by atoms with Gasteiger partial charge in [0.05, 0.1) is 11.6 Å². The molecule has 2 aliphatic rings. The molecule has 0 amide bonds. The van der Waals surface area contributed by atoms with Crippen LogP contribution in [-0.2, 0) is 6.54 Å². The van der Waals surface area contributed by atoms with Crippen molar-refractivity contribution in [2.45, 2.75) is 38.3 Å². The number of hydrogen-bond acceptors (Lipinski definition) is 3. The van der Waals surface area contributed by atoms with Gasteiger partial charge in [0.1, 0.15) is 5.82 Å². The highest BCUT2D eigenvalue weighted by molar-refractivity contribution is 5.32. The van der Waals surface area contributed by atoms with E-state index in [1.165, 1.54) is 31.7 Å². The summed E-state index contributed by atoms with van der Waals surface area (Å²) in [4.78, 5) is 2.38. The van der Waals surface area contributed by atoms with Crippen LogP contribution in [0.3, 0.4) is 0 Å². The van der Waals surface area contributed by atoms with Crippen LogP contribution in [0.5, 0.6) is 0 Å². The maximum atomic E-state index is 14.1. The molecule has 0 aromatic heterocycles. The lowest BCUT2D eigenvalue weighted by Crippen LogP contribution is -2.38. The Morgan fingerprint density at radius 1 is 1.29 bits per heavy atom. The molecule has 1 aliphatic heterocycles. The summed E-state index contributed by atoms with van der Waals surface area (Å²) in [6.45, 7) is 3.81. The molecule has 112 valence electrons. The lowest BCUT2D eigenvalue weighted by molar-refractivity contribution is 0.229. The highest BCUT2D eigenvalue weighted by atomic mass is 19.1. The van der Waals surface area contributed by atoms with Crippen molar-refractivity contribution in [3.05, 3.63) is 35.1 Å². The lowest BCUT2D eigenvalue weighted by atomic mass is 10.1. The van der Waals surface area contributed by atoms with E-state index in [2.05, 4.69) is 10.2 Å². The third-order valence-corrected chi connectivity index (χ3v) is 4.43. The Bertz CT molecular complexity index is 527. The van der Waals surface area contributed by atoms with E-state index in [1.54, 1.807) is 12.1 Å². The van der Waals surface area contributed by atoms with E-state index in [1.807, 2.05) is 6.07 Å². The largest absolute Gasteiger partial charge is 0.313 e. The minimum Gasteiger partial charge on any atom is -0.313 e. The average molecular weight is 287 g/mol. The molecular weight excluding hydrogens is 265 g/mol. The fourth-order valence-corrected chi connectivity index (χ4v) is 3.08. The van der Waals surface area contributed by atoms with Crippen molar-refractivity contribution in [3.63, 3.8) is 0 Å². The molecule has 1 saturated heterocycles. The first-order valence-electron chi connectivity index (χ1n) is 7.89. The van der Waals surface area contributed by atoms with Crippen LogP contribution in [0.25, 0.3) is 0 Å². The number of benzene rings is 1. The summed E-state index contributed by atoms with van der Waals surface area (Å²) in [5.41, 5.74) is 1.09. The fraction of sp³-hybridized carbons (Fsp3) is 0.588. The van der Waals surface area contributed by atoms with E-state index in [9.17, 15) is 4.39 Å². The van der Waals surface area contributed by atoms with Crippen molar-refractivity contribution in [2.75, 3.05) is 19.6 Å². The van der Waals surface area contributed by atoms with Gasteiger partial charge in [0, 0.05) is 31.2 Å². The molecule has 4 heteroatoms. The van der Waals surface area contributed by atoms with Crippen LogP contribution in [0.2, 0.25) is 0 Å². The Morgan fingerprint density at radius 2 is 2.14 bits per heavy atom. The standard InChI is InChI=1S/C17H22FN3/c18-17-8-14(9-19)5-6-15(17)11-21(10-13-3-4-13)12-16-2-1-7-20-16/h5-6,8,13,16,20H,1-4,7,10-12H2. The second-order valence-electron chi connectivity index (χ2n) is 6.35. The van der Waals surface area contributed by atoms with Gasteiger partial charge in [-0.25, -0.2) is 4.39 Å². The van der Waals surface area contributed by atoms with Crippen molar-refractivity contribution in [1.29, 1.82) is 5.26 Å². The highest BCUT2D eigenvalue weighted by Gasteiger charge is 2.27. The third-order valence-electron chi connectivity index (χ3n) is 4.43. The first-order chi connectivity index (χ1) is 10.2. The summed E-state index contributed by atoms with van der Waals surface area (Å²) in [6.07, 6.45) is 5.08. The van der Waals surface area contributed by atoms with Crippen LogP contribution in [0, 0.1) is 23.1 Å². The van der Waals surface area contributed by atoms with Gasteiger partial charge in [-0.15, -0.1) is 0 Å². The fourth-order valence-electron chi connectivity index (χ4n) is 3.08. The zero-order valence-electron chi connectivity index (χ0n) is 12.3. The molecule has 0 spiro atoms. The predicted molar refractivity (Wildman–Crippen MR) is 80.1 cm³/mol. The molecular formula is C17H22FN3. The number of rotatable bonds is 6. The van der Waals surface area contributed by atoms with Gasteiger partial charge >= 0.3 is 0 Å². The van der Waals surface area contributed by atoms with Gasteiger partial charge in [-0.1, -0.05) is 6.07 Å². The molecule has 1 heterocycles. The monoisotopic (exact) mass is 287 g/mol. The molecule has 21 heavy (non-hydrogen) atoms. The molecule has 2 fully saturated rings. The van der Waals surface area contributed by atoms with Crippen molar-refractivity contribution in [3.8, 4) is 6.07 Å². The molecule has 1 atom stereocenters. The summed E-state index contributed by atoms with van der Waals surface area (Å²) < 4.78 is 14.1. The highest BCUT2D eigenvalue weighted by Crippen LogP contribution is 2.30. The van der Waals surface area contributed by atoms with Gasteiger partial charge in [-0.05, 0) is 50.3 Å². The maximum absolute atomic E-state index is 14.1. The van der Waals surface area contributed by atoms with Crippen molar-refractivity contribution >= 4 is 0 Å². The van der Waals surface area contributed by atoms with Gasteiger partial charge < -0.3 is 5.32 Å². The Hall–Kier alpha value is -1.44. The normalized spacial score (nSPS) is 21.7. The molecule has 1 aromatic rings. The van der Waals surface area contributed by atoms with Crippen LogP contribution in [0.15, 0.2) is 18.2 Å². The Balaban J connectivity index is 1.66. The van der Waals surface area contributed by atoms with E-state index in [0.29, 0.717) is 23.7 Å². The quantitative estimate of drug-likeness (QED) is 0.874. The summed E-state index contributed by atoms with van der Waals surface area (Å²) in [5.74, 6) is 0.544. The van der Waals surface area contributed by atoms with Crippen LogP contribution < -0.4 is 5.32 Å². The van der Waals surface area contributed by atoms with E-state index >= 15 is 0 Å². The van der Waals surface area contributed by atoms with E-state index < -0.39 is 0 Å². The summed E-state index contributed by atoms with van der Waals surface area (Å²) >= 11 is 0. The van der Waals surface area contributed by atoms with Crippen LogP contribution in [0.1, 0.15) is 36.8 Å². The Labute approximate surface area is 125 Å². The zero-order valence-corrected chi connectivity index (χ0v) is 12.3. The Kier molecular flexibility index (Phi) is 4.52. The number of nitrogens with one attached hydrogen (secondary N) is 1. The number of nitriles is 1. The summed E-state index contributed by atoms with van der Waals surface area (Å²) in [7, 11) is 0. The van der Waals surface area contributed by atoms with Crippen LogP contribution >= 0.6 is 0 Å². The SMILES string of the molecule is N#Cc1ccc(CN(CC2CC2)CC2CCCN2)c(F)c1. The van der Waals surface area contributed by atoms with Gasteiger partial charge in [-0.2, -0.15) is 5.26 Å². The molecule has 3 nitrogen and oxygen atoms in total. The molecule has 3 rings (SSSR count). The minimum absolute atomic E-state index is 0.255. The second kappa shape index (κ2) is 6.55. The average Bonchev–Trinajstić information content (AvgIpc) is 3.14. The van der Waals surface area contributed by atoms with E-state index in [-0.39, 0.29) is 5.82 Å². The predicted octanol–water partition coefficient (Wildman–Crippen LogP) is 2.66. The minimum atomic E-state index is -0.255. The van der Waals surface area contributed by atoms with Crippen molar-refractivity contribution < 1.29 is 4.39 Å².